The van der Waals surface area contributed by atoms with Crippen LogP contribution >= 0.6 is 22.6 Å². The highest BCUT2D eigenvalue weighted by atomic mass is 127. The van der Waals surface area contributed by atoms with Crippen molar-refractivity contribution < 1.29 is 4.84 Å². The molecule has 0 aliphatic carbocycles. The van der Waals surface area contributed by atoms with Gasteiger partial charge in [0.05, 0.1) is 5.52 Å². The Labute approximate surface area is 119 Å². The van der Waals surface area contributed by atoms with E-state index in [-0.39, 0.29) is 0 Å². The van der Waals surface area contributed by atoms with Gasteiger partial charge in [0.15, 0.2) is 0 Å². The van der Waals surface area contributed by atoms with E-state index < -0.39 is 0 Å². The van der Waals surface area contributed by atoms with Crippen molar-refractivity contribution >= 4 is 33.6 Å². The van der Waals surface area contributed by atoms with Crippen LogP contribution in [0.25, 0.3) is 11.0 Å². The Bertz CT molecular complexity index is 664. The Hall–Kier alpha value is -1.56. The van der Waals surface area contributed by atoms with Crippen molar-refractivity contribution in [2.24, 2.45) is 0 Å². The molecule has 0 aliphatic heterocycles. The summed E-state index contributed by atoms with van der Waals surface area (Å²) in [6, 6.07) is 18.1. The zero-order valence-corrected chi connectivity index (χ0v) is 11.7. The third-order valence-electron chi connectivity index (χ3n) is 2.68. The van der Waals surface area contributed by atoms with E-state index >= 15 is 0 Å². The Balaban J connectivity index is 1.89. The second-order valence-electron chi connectivity index (χ2n) is 3.92. The first-order valence-corrected chi connectivity index (χ1v) is 6.72. The molecule has 0 amide bonds. The first kappa shape index (κ1) is 11.5. The zero-order chi connectivity index (χ0) is 12.4. The third kappa shape index (κ3) is 2.20. The quantitative estimate of drug-likeness (QED) is 0.678. The highest BCUT2D eigenvalue weighted by Crippen LogP contribution is 2.16. The van der Waals surface area contributed by atoms with Crippen LogP contribution in [0, 0.1) is 3.83 Å². The summed E-state index contributed by atoms with van der Waals surface area (Å²) in [5, 5.41) is 0. The number of nitrogens with zero attached hydrogens (tertiary/aromatic N) is 2. The van der Waals surface area contributed by atoms with Gasteiger partial charge in [0, 0.05) is 22.6 Å². The van der Waals surface area contributed by atoms with Crippen molar-refractivity contribution in [3.63, 3.8) is 0 Å². The van der Waals surface area contributed by atoms with Crippen LogP contribution in [0.2, 0.25) is 0 Å². The summed E-state index contributed by atoms with van der Waals surface area (Å²) in [6.45, 7) is 0.539. The lowest BCUT2D eigenvalue weighted by atomic mass is 10.2. The number of benzene rings is 2. The molecule has 0 radical (unpaired) electrons. The highest BCUT2D eigenvalue weighted by Gasteiger charge is 2.08. The van der Waals surface area contributed by atoms with Crippen molar-refractivity contribution in [2.45, 2.75) is 6.61 Å². The fourth-order valence-electron chi connectivity index (χ4n) is 1.81. The second kappa shape index (κ2) is 4.97. The van der Waals surface area contributed by atoms with E-state index in [1.165, 1.54) is 0 Å². The van der Waals surface area contributed by atoms with Gasteiger partial charge in [-0.05, 0) is 17.7 Å². The molecule has 0 atom stereocenters. The van der Waals surface area contributed by atoms with Crippen LogP contribution in [-0.4, -0.2) is 9.71 Å². The molecule has 0 aliphatic rings. The highest BCUT2D eigenvalue weighted by molar-refractivity contribution is 14.1. The molecule has 0 fully saturated rings. The molecular weight excluding hydrogens is 339 g/mol. The summed E-state index contributed by atoms with van der Waals surface area (Å²) in [5.74, 6) is 0. The number of aromatic nitrogens is 2. The molecule has 1 aromatic heterocycles. The maximum atomic E-state index is 5.82. The molecule has 0 spiro atoms. The minimum Gasteiger partial charge on any atom is -0.406 e. The number of hydrogen-bond acceptors (Lipinski definition) is 2. The van der Waals surface area contributed by atoms with E-state index in [4.69, 9.17) is 4.84 Å². The lowest BCUT2D eigenvalue weighted by Gasteiger charge is -2.08. The van der Waals surface area contributed by atoms with Crippen molar-refractivity contribution in [3.05, 3.63) is 64.0 Å². The van der Waals surface area contributed by atoms with Gasteiger partial charge in [-0.3, -0.25) is 0 Å². The minimum absolute atomic E-state index is 0.539. The molecule has 0 bridgehead atoms. The van der Waals surface area contributed by atoms with E-state index in [0.29, 0.717) is 6.61 Å². The van der Waals surface area contributed by atoms with Crippen LogP contribution in [-0.2, 0) is 6.61 Å². The number of rotatable bonds is 3. The average molecular weight is 350 g/mol. The normalized spacial score (nSPS) is 10.7. The summed E-state index contributed by atoms with van der Waals surface area (Å²) in [7, 11) is 0. The van der Waals surface area contributed by atoms with Crippen molar-refractivity contribution in [1.29, 1.82) is 0 Å². The molecule has 0 N–H and O–H groups in total. The summed E-state index contributed by atoms with van der Waals surface area (Å²) in [4.78, 5) is 10.3. The Morgan fingerprint density at radius 2 is 1.72 bits per heavy atom. The van der Waals surface area contributed by atoms with Crippen LogP contribution in [0.15, 0.2) is 54.6 Å². The summed E-state index contributed by atoms with van der Waals surface area (Å²) >= 11 is 2.18. The van der Waals surface area contributed by atoms with E-state index in [2.05, 4.69) is 27.6 Å². The number of para-hydroxylation sites is 2. The molecule has 3 rings (SSSR count). The predicted molar refractivity (Wildman–Crippen MR) is 79.2 cm³/mol. The largest absolute Gasteiger partial charge is 0.406 e. The number of hydrogen-bond donors (Lipinski definition) is 0. The average Bonchev–Trinajstić information content (AvgIpc) is 2.73. The zero-order valence-electron chi connectivity index (χ0n) is 9.58. The van der Waals surface area contributed by atoms with Gasteiger partial charge in [-0.25, -0.2) is 4.98 Å². The van der Waals surface area contributed by atoms with Gasteiger partial charge in [-0.1, -0.05) is 42.5 Å². The molecule has 3 aromatic rings. The maximum absolute atomic E-state index is 5.82. The Morgan fingerprint density at radius 3 is 2.56 bits per heavy atom. The molecule has 2 aromatic carbocycles. The lowest BCUT2D eigenvalue weighted by molar-refractivity contribution is 0.100. The van der Waals surface area contributed by atoms with Gasteiger partial charge in [0.25, 0.3) is 0 Å². The Morgan fingerprint density at radius 1 is 1.00 bits per heavy atom. The van der Waals surface area contributed by atoms with Crippen LogP contribution in [0.3, 0.4) is 0 Å². The standard InChI is InChI=1S/C14H11IN2O/c15-14-16-12-8-4-5-9-13(12)17(14)18-10-11-6-2-1-3-7-11/h1-9H,10H2. The van der Waals surface area contributed by atoms with Crippen LogP contribution in [0.5, 0.6) is 0 Å². The van der Waals surface area contributed by atoms with Crippen molar-refractivity contribution in [2.75, 3.05) is 0 Å². The number of imidazole rings is 1. The van der Waals surface area contributed by atoms with Gasteiger partial charge < -0.3 is 4.84 Å². The first-order chi connectivity index (χ1) is 8.84. The first-order valence-electron chi connectivity index (χ1n) is 5.65. The van der Waals surface area contributed by atoms with Crippen molar-refractivity contribution in [1.82, 2.24) is 9.71 Å². The van der Waals surface area contributed by atoms with Crippen LogP contribution in [0.1, 0.15) is 5.56 Å². The van der Waals surface area contributed by atoms with E-state index in [0.717, 1.165) is 20.4 Å². The Kier molecular flexibility index (Phi) is 3.19. The van der Waals surface area contributed by atoms with Gasteiger partial charge in [0.2, 0.25) is 3.83 Å². The fourth-order valence-corrected chi connectivity index (χ4v) is 2.47. The maximum Gasteiger partial charge on any atom is 0.207 e. The minimum atomic E-state index is 0.539. The third-order valence-corrected chi connectivity index (χ3v) is 3.36. The van der Waals surface area contributed by atoms with Gasteiger partial charge in [-0.2, -0.15) is 4.73 Å². The summed E-state index contributed by atoms with van der Waals surface area (Å²) < 4.78 is 2.62. The van der Waals surface area contributed by atoms with Gasteiger partial charge in [-0.15, -0.1) is 0 Å². The molecule has 1 heterocycles. The van der Waals surface area contributed by atoms with Crippen molar-refractivity contribution in [3.8, 4) is 0 Å². The van der Waals surface area contributed by atoms with Crippen LogP contribution < -0.4 is 4.84 Å². The number of fused-ring (bicyclic) bond motifs is 1. The topological polar surface area (TPSA) is 27.1 Å². The monoisotopic (exact) mass is 350 g/mol. The molecule has 90 valence electrons. The molecule has 0 unspecified atom stereocenters. The van der Waals surface area contributed by atoms with Gasteiger partial charge in [0.1, 0.15) is 12.1 Å². The smallest absolute Gasteiger partial charge is 0.207 e. The summed E-state index contributed by atoms with van der Waals surface area (Å²) in [6.07, 6.45) is 0. The predicted octanol–water partition coefficient (Wildman–Crippen LogP) is 3.27. The fraction of sp³-hybridized carbons (Fsp3) is 0.0714. The SMILES string of the molecule is Ic1nc2ccccc2n1OCc1ccccc1. The van der Waals surface area contributed by atoms with Gasteiger partial charge >= 0.3 is 0 Å². The lowest BCUT2D eigenvalue weighted by Crippen LogP contribution is -2.12. The molecule has 0 saturated carbocycles. The molecule has 3 nitrogen and oxygen atoms in total. The molecule has 4 heteroatoms. The van der Waals surface area contributed by atoms with Crippen LogP contribution in [0.4, 0.5) is 0 Å². The molecule has 18 heavy (non-hydrogen) atoms. The van der Waals surface area contributed by atoms with E-state index in [1.54, 1.807) is 4.73 Å². The number of halogens is 1. The molecule has 0 saturated heterocycles. The summed E-state index contributed by atoms with van der Waals surface area (Å²) in [5.41, 5.74) is 3.10. The second-order valence-corrected chi connectivity index (χ2v) is 4.89. The van der Waals surface area contributed by atoms with E-state index in [1.807, 2.05) is 54.6 Å². The molecular formula is C14H11IN2O. The van der Waals surface area contributed by atoms with E-state index in [9.17, 15) is 0 Å².